The molecule has 3 heteroatoms. The molecule has 0 amide bonds. The summed E-state index contributed by atoms with van der Waals surface area (Å²) in [5.41, 5.74) is 4.53. The smallest absolute Gasteiger partial charge is 0.0516 e. The number of nitrogens with one attached hydrogen (secondary N) is 1. The van der Waals surface area contributed by atoms with Crippen molar-refractivity contribution in [3.63, 3.8) is 0 Å². The number of aromatic nitrogens is 1. The van der Waals surface area contributed by atoms with Crippen LogP contribution in [0, 0.1) is 0 Å². The van der Waals surface area contributed by atoms with Crippen molar-refractivity contribution in [1.82, 2.24) is 14.8 Å². The van der Waals surface area contributed by atoms with Crippen LogP contribution in [0.15, 0.2) is 24.4 Å². The number of piperazine rings is 1. The van der Waals surface area contributed by atoms with Gasteiger partial charge in [-0.1, -0.05) is 18.2 Å². The highest BCUT2D eigenvalue weighted by Crippen LogP contribution is 2.30. The summed E-state index contributed by atoms with van der Waals surface area (Å²) in [6.45, 7) is 4.60. The van der Waals surface area contributed by atoms with Gasteiger partial charge in [-0.3, -0.25) is 0 Å². The van der Waals surface area contributed by atoms with Crippen molar-refractivity contribution >= 4 is 10.9 Å². The molecule has 2 aliphatic heterocycles. The van der Waals surface area contributed by atoms with Gasteiger partial charge in [0.05, 0.1) is 5.52 Å². The monoisotopic (exact) mass is 255 g/mol. The molecule has 0 spiro atoms. The van der Waals surface area contributed by atoms with E-state index in [1.807, 2.05) is 0 Å². The Hall–Kier alpha value is -1.32. The van der Waals surface area contributed by atoms with E-state index in [0.29, 0.717) is 6.04 Å². The lowest BCUT2D eigenvalue weighted by Crippen LogP contribution is -2.49. The average Bonchev–Trinajstić information content (AvgIpc) is 2.96. The molecule has 19 heavy (non-hydrogen) atoms. The number of likely N-dealkylation sites (N-methyl/N-ethyl adjacent to an activating group) is 1. The number of rotatable bonds is 2. The van der Waals surface area contributed by atoms with E-state index in [-0.39, 0.29) is 0 Å². The molecular weight excluding hydrogens is 234 g/mol. The molecule has 2 aliphatic rings. The fraction of sp³-hybridized carbons (Fsp3) is 0.500. The van der Waals surface area contributed by atoms with E-state index in [1.165, 1.54) is 35.0 Å². The maximum absolute atomic E-state index is 3.65. The summed E-state index contributed by atoms with van der Waals surface area (Å²) < 4.78 is 2.45. The highest BCUT2D eigenvalue weighted by Gasteiger charge is 2.21. The van der Waals surface area contributed by atoms with Gasteiger partial charge in [0.1, 0.15) is 0 Å². The minimum atomic E-state index is 0.598. The second kappa shape index (κ2) is 4.36. The molecule has 0 saturated carbocycles. The van der Waals surface area contributed by atoms with Crippen LogP contribution < -0.4 is 5.32 Å². The average molecular weight is 255 g/mol. The van der Waals surface area contributed by atoms with E-state index >= 15 is 0 Å². The van der Waals surface area contributed by atoms with Gasteiger partial charge in [-0.15, -0.1) is 0 Å². The second-order valence-electron chi connectivity index (χ2n) is 6.03. The molecule has 1 fully saturated rings. The summed E-state index contributed by atoms with van der Waals surface area (Å²) in [7, 11) is 2.22. The van der Waals surface area contributed by atoms with Crippen molar-refractivity contribution in [3.8, 4) is 0 Å². The lowest BCUT2D eigenvalue weighted by atomic mass is 10.0. The van der Waals surface area contributed by atoms with Crippen LogP contribution in [0.5, 0.6) is 0 Å². The normalized spacial score (nSPS) is 23.3. The van der Waals surface area contributed by atoms with Gasteiger partial charge in [-0.25, -0.2) is 0 Å². The van der Waals surface area contributed by atoms with Crippen LogP contribution in [0.4, 0.5) is 0 Å². The Morgan fingerprint density at radius 2 is 2.26 bits per heavy atom. The van der Waals surface area contributed by atoms with E-state index in [0.717, 1.165) is 26.1 Å². The fourth-order valence-corrected chi connectivity index (χ4v) is 3.69. The van der Waals surface area contributed by atoms with Gasteiger partial charge in [0.25, 0.3) is 0 Å². The number of nitrogens with zero attached hydrogens (tertiary/aromatic N) is 2. The zero-order valence-electron chi connectivity index (χ0n) is 11.5. The molecule has 4 rings (SSSR count). The van der Waals surface area contributed by atoms with Gasteiger partial charge >= 0.3 is 0 Å². The zero-order valence-corrected chi connectivity index (χ0v) is 11.5. The van der Waals surface area contributed by atoms with Crippen molar-refractivity contribution in [1.29, 1.82) is 0 Å². The van der Waals surface area contributed by atoms with Crippen molar-refractivity contribution in [2.24, 2.45) is 0 Å². The molecule has 100 valence electrons. The van der Waals surface area contributed by atoms with Gasteiger partial charge in [0.15, 0.2) is 0 Å². The largest absolute Gasteiger partial charge is 0.347 e. The Balaban J connectivity index is 1.67. The molecule has 0 radical (unpaired) electrons. The zero-order chi connectivity index (χ0) is 12.8. The standard InChI is InChI=1S/C16H21N3/c1-18-8-6-17-14(11-18)9-13-10-19-7-5-12-3-2-4-15(13)16(12)19/h2-4,10,14,17H,5-9,11H2,1H3. The van der Waals surface area contributed by atoms with Gasteiger partial charge in [0.2, 0.25) is 0 Å². The first-order valence-corrected chi connectivity index (χ1v) is 7.33. The Bertz CT molecular complexity index is 614. The molecule has 2 aromatic rings. The van der Waals surface area contributed by atoms with Crippen molar-refractivity contribution < 1.29 is 0 Å². The highest BCUT2D eigenvalue weighted by molar-refractivity contribution is 5.88. The lowest BCUT2D eigenvalue weighted by Gasteiger charge is -2.30. The predicted octanol–water partition coefficient (Wildman–Crippen LogP) is 1.64. The third-order valence-electron chi connectivity index (χ3n) is 4.61. The second-order valence-corrected chi connectivity index (χ2v) is 6.03. The number of para-hydroxylation sites is 1. The lowest BCUT2D eigenvalue weighted by molar-refractivity contribution is 0.238. The van der Waals surface area contributed by atoms with Crippen LogP contribution in [-0.4, -0.2) is 42.2 Å². The van der Waals surface area contributed by atoms with Crippen molar-refractivity contribution in [2.75, 3.05) is 26.7 Å². The number of hydrogen-bond acceptors (Lipinski definition) is 2. The van der Waals surface area contributed by atoms with E-state index in [9.17, 15) is 0 Å². The number of hydrogen-bond donors (Lipinski definition) is 1. The topological polar surface area (TPSA) is 20.2 Å². The summed E-state index contributed by atoms with van der Waals surface area (Å²) in [5.74, 6) is 0. The quantitative estimate of drug-likeness (QED) is 0.880. The molecule has 1 aromatic carbocycles. The summed E-state index contributed by atoms with van der Waals surface area (Å²) in [6.07, 6.45) is 4.74. The maximum Gasteiger partial charge on any atom is 0.0516 e. The van der Waals surface area contributed by atoms with Crippen LogP contribution in [0.25, 0.3) is 10.9 Å². The SMILES string of the molecule is CN1CCNC(Cc2cn3c4c(cccc24)CC3)C1. The molecule has 3 nitrogen and oxygen atoms in total. The van der Waals surface area contributed by atoms with Gasteiger partial charge < -0.3 is 14.8 Å². The highest BCUT2D eigenvalue weighted by atomic mass is 15.2. The molecule has 0 aliphatic carbocycles. The van der Waals surface area contributed by atoms with Crippen molar-refractivity contribution in [2.45, 2.75) is 25.4 Å². The third kappa shape index (κ3) is 1.88. The molecule has 1 saturated heterocycles. The molecule has 1 unspecified atom stereocenters. The van der Waals surface area contributed by atoms with Crippen LogP contribution >= 0.6 is 0 Å². The molecule has 0 bridgehead atoms. The maximum atomic E-state index is 3.65. The molecule has 1 N–H and O–H groups in total. The minimum Gasteiger partial charge on any atom is -0.347 e. The molecule has 1 aromatic heterocycles. The van der Waals surface area contributed by atoms with Crippen LogP contribution in [0.3, 0.4) is 0 Å². The Morgan fingerprint density at radius 1 is 1.32 bits per heavy atom. The predicted molar refractivity (Wildman–Crippen MR) is 78.6 cm³/mol. The molecule has 3 heterocycles. The molecule has 1 atom stereocenters. The summed E-state index contributed by atoms with van der Waals surface area (Å²) in [5, 5.41) is 5.13. The van der Waals surface area contributed by atoms with E-state index < -0.39 is 0 Å². The van der Waals surface area contributed by atoms with E-state index in [4.69, 9.17) is 0 Å². The van der Waals surface area contributed by atoms with E-state index in [1.54, 1.807) is 0 Å². The first kappa shape index (κ1) is 11.5. The van der Waals surface area contributed by atoms with E-state index in [2.05, 4.69) is 46.2 Å². The summed E-state index contributed by atoms with van der Waals surface area (Å²) >= 11 is 0. The van der Waals surface area contributed by atoms with Crippen LogP contribution in [-0.2, 0) is 19.4 Å². The van der Waals surface area contributed by atoms with Gasteiger partial charge in [0, 0.05) is 43.8 Å². The van der Waals surface area contributed by atoms with Gasteiger partial charge in [-0.05, 0) is 31.0 Å². The number of benzene rings is 1. The van der Waals surface area contributed by atoms with Crippen LogP contribution in [0.2, 0.25) is 0 Å². The van der Waals surface area contributed by atoms with Crippen LogP contribution in [0.1, 0.15) is 11.1 Å². The third-order valence-corrected chi connectivity index (χ3v) is 4.61. The van der Waals surface area contributed by atoms with Crippen molar-refractivity contribution in [3.05, 3.63) is 35.5 Å². The first-order chi connectivity index (χ1) is 9.31. The Morgan fingerprint density at radius 3 is 3.16 bits per heavy atom. The summed E-state index contributed by atoms with van der Waals surface area (Å²) in [4.78, 5) is 2.43. The fourth-order valence-electron chi connectivity index (χ4n) is 3.69. The minimum absolute atomic E-state index is 0.598. The van der Waals surface area contributed by atoms with Gasteiger partial charge in [-0.2, -0.15) is 0 Å². The first-order valence-electron chi connectivity index (χ1n) is 7.33. The Kier molecular flexibility index (Phi) is 2.64. The number of aryl methyl sites for hydroxylation is 2. The summed E-state index contributed by atoms with van der Waals surface area (Å²) in [6, 6.07) is 7.39. The molecular formula is C16H21N3. The Labute approximate surface area is 114 Å².